The molecule has 2 N–H and O–H groups in total. The minimum absolute atomic E-state index is 0.605. The van der Waals surface area contributed by atoms with Gasteiger partial charge in [-0.25, -0.2) is 0 Å². The Kier molecular flexibility index (Phi) is 4.02. The van der Waals surface area contributed by atoms with Crippen LogP contribution < -0.4 is 5.73 Å². The van der Waals surface area contributed by atoms with Gasteiger partial charge < -0.3 is 5.73 Å². The molecule has 0 amide bonds. The van der Waals surface area contributed by atoms with Crippen LogP contribution in [0.3, 0.4) is 0 Å². The van der Waals surface area contributed by atoms with Crippen LogP contribution in [0.15, 0.2) is 12.2 Å². The number of allylic oxidation sites excluding steroid dienone is 2. The molecule has 5 atom stereocenters. The quantitative estimate of drug-likeness (QED) is 0.424. The first-order valence-corrected chi connectivity index (χ1v) is 7.28. The Labute approximate surface area is 107 Å². The molecular weight excluding hydrogens is 205 g/mol. The molecule has 0 aromatic rings. The monoisotopic (exact) mass is 232 g/mol. The van der Waals surface area contributed by atoms with Gasteiger partial charge in [-0.05, 0) is 54.9 Å². The number of nitrogens with two attached hydrogens (primary N) is 1. The summed E-state index contributed by atoms with van der Waals surface area (Å²) in [6, 6.07) is 0. The Balaban J connectivity index is 1.89. The van der Waals surface area contributed by atoms with E-state index in [-0.39, 0.29) is 0 Å². The normalized spacial score (nSPS) is 44.7. The molecule has 0 aromatic carbocycles. The van der Waals surface area contributed by atoms with Crippen LogP contribution in [0.4, 0.5) is 0 Å². The summed E-state index contributed by atoms with van der Waals surface area (Å²) >= 11 is 0. The van der Waals surface area contributed by atoms with Gasteiger partial charge in [0.25, 0.3) is 0 Å². The van der Waals surface area contributed by atoms with E-state index in [9.17, 15) is 0 Å². The van der Waals surface area contributed by atoms with E-state index in [4.69, 9.17) is 5.73 Å². The molecule has 1 radical (unpaired) electrons. The lowest BCUT2D eigenvalue weighted by molar-refractivity contribution is 0.0411. The second kappa shape index (κ2) is 5.18. The fourth-order valence-electron chi connectivity index (χ4n) is 3.86. The molecule has 0 aromatic heterocycles. The Morgan fingerprint density at radius 3 is 2.71 bits per heavy atom. The molecule has 2 aliphatic carbocycles. The van der Waals surface area contributed by atoms with Crippen LogP contribution in [0, 0.1) is 29.1 Å². The molecule has 2 rings (SSSR count). The largest absolute Gasteiger partial charge is 0.330 e. The molecular formula is C15H27BN. The van der Waals surface area contributed by atoms with Crippen molar-refractivity contribution >= 4 is 7.28 Å². The summed E-state index contributed by atoms with van der Waals surface area (Å²) in [7, 11) is 2.25. The van der Waals surface area contributed by atoms with Gasteiger partial charge in [0.1, 0.15) is 7.28 Å². The standard InChI is InChI=1S/C15H27BN/c1-11-9-15(11,2)14-12(8-13(14)10-17)6-4-5-7-16-3/h4,6,11-14H,5,7-10,17H2,1-3H3. The zero-order valence-electron chi connectivity index (χ0n) is 11.7. The van der Waals surface area contributed by atoms with Gasteiger partial charge in [-0.1, -0.05) is 39.1 Å². The maximum absolute atomic E-state index is 5.90. The summed E-state index contributed by atoms with van der Waals surface area (Å²) in [6.45, 7) is 7.90. The van der Waals surface area contributed by atoms with E-state index in [1.165, 1.54) is 25.6 Å². The molecule has 95 valence electrons. The van der Waals surface area contributed by atoms with Crippen LogP contribution in [-0.4, -0.2) is 13.8 Å². The molecule has 1 nitrogen and oxygen atoms in total. The van der Waals surface area contributed by atoms with E-state index in [0.29, 0.717) is 5.41 Å². The molecule has 2 aliphatic rings. The summed E-state index contributed by atoms with van der Waals surface area (Å²) in [6.07, 6.45) is 10.0. The van der Waals surface area contributed by atoms with Gasteiger partial charge in [0.05, 0.1) is 0 Å². The van der Waals surface area contributed by atoms with E-state index < -0.39 is 0 Å². The zero-order valence-corrected chi connectivity index (χ0v) is 11.7. The second-order valence-electron chi connectivity index (χ2n) is 6.45. The Morgan fingerprint density at radius 2 is 2.18 bits per heavy atom. The minimum Gasteiger partial charge on any atom is -0.330 e. The Morgan fingerprint density at radius 1 is 1.47 bits per heavy atom. The van der Waals surface area contributed by atoms with E-state index in [2.05, 4.69) is 40.1 Å². The molecule has 0 heterocycles. The van der Waals surface area contributed by atoms with Gasteiger partial charge in [-0.15, -0.1) is 0 Å². The highest BCUT2D eigenvalue weighted by molar-refractivity contribution is 6.33. The maximum Gasteiger partial charge on any atom is 0.106 e. The van der Waals surface area contributed by atoms with E-state index >= 15 is 0 Å². The molecule has 2 heteroatoms. The Bertz CT molecular complexity index is 289. The average Bonchev–Trinajstić information content (AvgIpc) is 2.84. The minimum atomic E-state index is 0.605. The molecule has 0 spiro atoms. The first-order chi connectivity index (χ1) is 8.13. The highest BCUT2D eigenvalue weighted by Crippen LogP contribution is 2.66. The highest BCUT2D eigenvalue weighted by atomic mass is 14.7. The van der Waals surface area contributed by atoms with Crippen LogP contribution in [0.2, 0.25) is 13.1 Å². The third-order valence-electron chi connectivity index (χ3n) is 5.33. The molecule has 2 saturated carbocycles. The predicted molar refractivity (Wildman–Crippen MR) is 76.2 cm³/mol. The first-order valence-electron chi connectivity index (χ1n) is 7.28. The lowest BCUT2D eigenvalue weighted by Gasteiger charge is -2.47. The van der Waals surface area contributed by atoms with Crippen LogP contribution in [-0.2, 0) is 0 Å². The van der Waals surface area contributed by atoms with Crippen LogP contribution in [0.1, 0.15) is 33.1 Å². The lowest BCUT2D eigenvalue weighted by atomic mass is 9.57. The highest BCUT2D eigenvalue weighted by Gasteiger charge is 2.59. The summed E-state index contributed by atoms with van der Waals surface area (Å²) < 4.78 is 0. The van der Waals surface area contributed by atoms with Gasteiger partial charge in [-0.2, -0.15) is 0 Å². The van der Waals surface area contributed by atoms with Crippen LogP contribution in [0.25, 0.3) is 0 Å². The lowest BCUT2D eigenvalue weighted by Crippen LogP contribution is -2.45. The second-order valence-corrected chi connectivity index (χ2v) is 6.45. The van der Waals surface area contributed by atoms with Crippen LogP contribution in [0.5, 0.6) is 0 Å². The molecule has 2 fully saturated rings. The fraction of sp³-hybridized carbons (Fsp3) is 0.867. The van der Waals surface area contributed by atoms with Gasteiger partial charge in [-0.3, -0.25) is 0 Å². The van der Waals surface area contributed by atoms with Crippen molar-refractivity contribution in [3.63, 3.8) is 0 Å². The van der Waals surface area contributed by atoms with Crippen molar-refractivity contribution in [2.45, 2.75) is 46.3 Å². The third kappa shape index (κ3) is 2.47. The van der Waals surface area contributed by atoms with Gasteiger partial charge in [0, 0.05) is 0 Å². The van der Waals surface area contributed by atoms with Crippen molar-refractivity contribution in [2.24, 2.45) is 34.8 Å². The predicted octanol–water partition coefficient (Wildman–Crippen LogP) is 3.36. The molecule has 0 saturated heterocycles. The number of hydrogen-bond acceptors (Lipinski definition) is 1. The van der Waals surface area contributed by atoms with Gasteiger partial charge in [0.2, 0.25) is 0 Å². The molecule has 17 heavy (non-hydrogen) atoms. The van der Waals surface area contributed by atoms with E-state index in [1.807, 2.05) is 0 Å². The summed E-state index contributed by atoms with van der Waals surface area (Å²) in [4.78, 5) is 0. The summed E-state index contributed by atoms with van der Waals surface area (Å²) in [5.41, 5.74) is 6.51. The maximum atomic E-state index is 5.90. The summed E-state index contributed by atoms with van der Waals surface area (Å²) in [5.74, 6) is 3.39. The van der Waals surface area contributed by atoms with Crippen molar-refractivity contribution < 1.29 is 0 Å². The first kappa shape index (κ1) is 13.2. The van der Waals surface area contributed by atoms with Gasteiger partial charge >= 0.3 is 0 Å². The smallest absolute Gasteiger partial charge is 0.106 e. The van der Waals surface area contributed by atoms with Gasteiger partial charge in [0.15, 0.2) is 0 Å². The molecule has 5 unspecified atom stereocenters. The molecule has 0 bridgehead atoms. The van der Waals surface area contributed by atoms with Crippen molar-refractivity contribution in [3.05, 3.63) is 12.2 Å². The SMILES string of the molecule is C[B]CCC=CC1CC(CN)C1C1(C)CC1C. The van der Waals surface area contributed by atoms with E-state index in [1.54, 1.807) is 0 Å². The molecule has 0 aliphatic heterocycles. The van der Waals surface area contributed by atoms with Crippen LogP contribution >= 0.6 is 0 Å². The van der Waals surface area contributed by atoms with Crippen molar-refractivity contribution in [2.75, 3.05) is 6.54 Å². The zero-order chi connectivity index (χ0) is 12.5. The summed E-state index contributed by atoms with van der Waals surface area (Å²) in [5, 5.41) is 0. The Hall–Kier alpha value is -0.235. The number of hydrogen-bond donors (Lipinski definition) is 1. The van der Waals surface area contributed by atoms with Crippen molar-refractivity contribution in [1.82, 2.24) is 0 Å². The van der Waals surface area contributed by atoms with E-state index in [0.717, 1.165) is 30.2 Å². The topological polar surface area (TPSA) is 26.0 Å². The average molecular weight is 232 g/mol. The third-order valence-corrected chi connectivity index (χ3v) is 5.33. The van der Waals surface area contributed by atoms with Crippen molar-refractivity contribution in [1.29, 1.82) is 0 Å². The fourth-order valence-corrected chi connectivity index (χ4v) is 3.86. The number of rotatable bonds is 6. The van der Waals surface area contributed by atoms with Crippen molar-refractivity contribution in [3.8, 4) is 0 Å².